The molecule has 0 heterocycles. The summed E-state index contributed by atoms with van der Waals surface area (Å²) >= 11 is 0. The van der Waals surface area contributed by atoms with Gasteiger partial charge in [-0.05, 0) is 73.0 Å². The number of hydrogen-bond acceptors (Lipinski definition) is 1. The Bertz CT molecular complexity index is 325. The van der Waals surface area contributed by atoms with Crippen molar-refractivity contribution < 1.29 is 5.11 Å². The van der Waals surface area contributed by atoms with Crippen LogP contribution in [-0.2, 0) is 0 Å². The van der Waals surface area contributed by atoms with Crippen molar-refractivity contribution in [2.24, 2.45) is 34.5 Å². The second kappa shape index (κ2) is 3.98. The molecule has 2 bridgehead atoms. The molecule has 3 aliphatic rings. The summed E-state index contributed by atoms with van der Waals surface area (Å²) in [6, 6.07) is 0. The molecule has 3 aliphatic carbocycles. The summed E-state index contributed by atoms with van der Waals surface area (Å²) in [5.74, 6) is 3.34. The van der Waals surface area contributed by atoms with Gasteiger partial charge in [-0.25, -0.2) is 0 Å². The van der Waals surface area contributed by atoms with Crippen molar-refractivity contribution >= 4 is 0 Å². The molecule has 104 valence electrons. The molecular formula is C17H30O. The molecule has 0 aromatic rings. The zero-order valence-corrected chi connectivity index (χ0v) is 12.6. The lowest BCUT2D eigenvalue weighted by Gasteiger charge is -2.45. The molecule has 0 aromatic carbocycles. The minimum atomic E-state index is -0.0235. The Kier molecular flexibility index (Phi) is 2.86. The highest BCUT2D eigenvalue weighted by atomic mass is 16.3. The lowest BCUT2D eigenvalue weighted by atomic mass is 9.60. The highest BCUT2D eigenvalue weighted by Crippen LogP contribution is 2.70. The molecule has 1 nitrogen and oxygen atoms in total. The first-order valence-electron chi connectivity index (χ1n) is 8.02. The van der Waals surface area contributed by atoms with Gasteiger partial charge in [0, 0.05) is 0 Å². The third kappa shape index (κ3) is 1.62. The van der Waals surface area contributed by atoms with Crippen molar-refractivity contribution in [1.29, 1.82) is 0 Å². The van der Waals surface area contributed by atoms with Crippen LogP contribution in [0.1, 0.15) is 66.2 Å². The molecule has 18 heavy (non-hydrogen) atoms. The highest BCUT2D eigenvalue weighted by Gasteiger charge is 2.62. The first-order valence-corrected chi connectivity index (χ1v) is 8.02. The van der Waals surface area contributed by atoms with Gasteiger partial charge in [-0.15, -0.1) is 0 Å². The Balaban J connectivity index is 1.82. The van der Waals surface area contributed by atoms with Gasteiger partial charge in [0.1, 0.15) is 0 Å². The van der Waals surface area contributed by atoms with Gasteiger partial charge in [-0.1, -0.05) is 27.7 Å². The Morgan fingerprint density at radius 2 is 1.72 bits per heavy atom. The second-order valence-corrected chi connectivity index (χ2v) is 8.44. The summed E-state index contributed by atoms with van der Waals surface area (Å²) in [5.41, 5.74) is 1.07. The van der Waals surface area contributed by atoms with Crippen LogP contribution in [0.25, 0.3) is 0 Å². The van der Waals surface area contributed by atoms with Crippen LogP contribution in [0.4, 0.5) is 0 Å². The molecule has 0 aliphatic heterocycles. The number of rotatable bonds is 1. The molecule has 1 N–H and O–H groups in total. The van der Waals surface area contributed by atoms with E-state index in [0.29, 0.717) is 10.8 Å². The molecule has 3 saturated carbocycles. The summed E-state index contributed by atoms with van der Waals surface area (Å²) in [7, 11) is 0. The fraction of sp³-hybridized carbons (Fsp3) is 1.00. The van der Waals surface area contributed by atoms with Crippen LogP contribution >= 0.6 is 0 Å². The van der Waals surface area contributed by atoms with Crippen molar-refractivity contribution in [3.05, 3.63) is 0 Å². The van der Waals surface area contributed by atoms with E-state index in [-0.39, 0.29) is 6.10 Å². The van der Waals surface area contributed by atoms with E-state index >= 15 is 0 Å². The van der Waals surface area contributed by atoms with Gasteiger partial charge in [0.05, 0.1) is 6.10 Å². The van der Waals surface area contributed by atoms with Crippen LogP contribution in [-0.4, -0.2) is 11.2 Å². The van der Waals surface area contributed by atoms with Gasteiger partial charge in [-0.3, -0.25) is 0 Å². The Hall–Kier alpha value is -0.0400. The summed E-state index contributed by atoms with van der Waals surface area (Å²) in [6.45, 7) is 9.90. The van der Waals surface area contributed by atoms with E-state index in [1.807, 2.05) is 0 Å². The predicted octanol–water partition coefficient (Wildman–Crippen LogP) is 4.25. The molecule has 0 amide bonds. The Morgan fingerprint density at radius 1 is 1.00 bits per heavy atom. The van der Waals surface area contributed by atoms with E-state index in [1.54, 1.807) is 0 Å². The van der Waals surface area contributed by atoms with E-state index in [2.05, 4.69) is 27.7 Å². The molecule has 0 spiro atoms. The fourth-order valence-corrected chi connectivity index (χ4v) is 5.93. The average Bonchev–Trinajstić information content (AvgIpc) is 2.59. The fourth-order valence-electron chi connectivity index (χ4n) is 5.93. The third-order valence-electron chi connectivity index (χ3n) is 7.38. The summed E-state index contributed by atoms with van der Waals surface area (Å²) < 4.78 is 0. The minimum Gasteiger partial charge on any atom is -0.393 e. The highest BCUT2D eigenvalue weighted by molar-refractivity contribution is 5.11. The van der Waals surface area contributed by atoms with Crippen LogP contribution in [0.5, 0.6) is 0 Å². The monoisotopic (exact) mass is 250 g/mol. The van der Waals surface area contributed by atoms with Gasteiger partial charge in [0.25, 0.3) is 0 Å². The van der Waals surface area contributed by atoms with Crippen molar-refractivity contribution in [2.75, 3.05) is 0 Å². The van der Waals surface area contributed by atoms with Crippen LogP contribution in [0.2, 0.25) is 0 Å². The average molecular weight is 250 g/mol. The van der Waals surface area contributed by atoms with E-state index in [1.165, 1.54) is 25.7 Å². The Labute approximate surface area is 112 Å². The predicted molar refractivity (Wildman–Crippen MR) is 75.2 cm³/mol. The molecule has 0 aromatic heterocycles. The van der Waals surface area contributed by atoms with Gasteiger partial charge in [0.15, 0.2) is 0 Å². The molecule has 3 unspecified atom stereocenters. The van der Waals surface area contributed by atoms with E-state index in [4.69, 9.17) is 0 Å². The van der Waals surface area contributed by atoms with Crippen LogP contribution in [0, 0.1) is 34.5 Å². The van der Waals surface area contributed by atoms with E-state index in [0.717, 1.165) is 36.5 Å². The molecular weight excluding hydrogens is 220 g/mol. The minimum absolute atomic E-state index is 0.0235. The van der Waals surface area contributed by atoms with E-state index in [9.17, 15) is 5.11 Å². The molecule has 0 saturated heterocycles. The lowest BCUT2D eigenvalue weighted by Crippen LogP contribution is -2.39. The topological polar surface area (TPSA) is 20.2 Å². The van der Waals surface area contributed by atoms with Crippen molar-refractivity contribution in [1.82, 2.24) is 0 Å². The number of fused-ring (bicyclic) bond motifs is 2. The molecule has 6 atom stereocenters. The second-order valence-electron chi connectivity index (χ2n) is 8.44. The summed E-state index contributed by atoms with van der Waals surface area (Å²) in [4.78, 5) is 0. The van der Waals surface area contributed by atoms with Crippen molar-refractivity contribution in [3.63, 3.8) is 0 Å². The maximum atomic E-state index is 10.1. The van der Waals surface area contributed by atoms with E-state index < -0.39 is 0 Å². The van der Waals surface area contributed by atoms with Crippen molar-refractivity contribution in [3.8, 4) is 0 Å². The smallest absolute Gasteiger partial charge is 0.0545 e. The summed E-state index contributed by atoms with van der Waals surface area (Å²) in [6.07, 6.45) is 7.76. The molecule has 0 radical (unpaired) electrons. The van der Waals surface area contributed by atoms with Crippen molar-refractivity contribution in [2.45, 2.75) is 72.3 Å². The largest absolute Gasteiger partial charge is 0.393 e. The SMILES string of the molecule is CC1CC(O)CC([C@H]2C[C@@H]3CC[C@@]2(C)C3(C)C)C1. The van der Waals surface area contributed by atoms with Crippen LogP contribution in [0.3, 0.4) is 0 Å². The molecule has 3 fully saturated rings. The first kappa shape index (κ1) is 13.0. The standard InChI is InChI=1S/C17H30O/c1-11-7-12(9-14(18)8-11)15-10-13-5-6-17(15,4)16(13,2)3/h11-15,18H,5-10H2,1-4H3/t11?,12?,13-,14?,15+,17+/m0/s1. The summed E-state index contributed by atoms with van der Waals surface area (Å²) in [5, 5.41) is 10.1. The number of aliphatic hydroxyl groups is 1. The lowest BCUT2D eigenvalue weighted by molar-refractivity contribution is 0.00173. The maximum absolute atomic E-state index is 10.1. The zero-order valence-electron chi connectivity index (χ0n) is 12.6. The molecule has 1 heteroatoms. The third-order valence-corrected chi connectivity index (χ3v) is 7.38. The first-order chi connectivity index (χ1) is 8.34. The quantitative estimate of drug-likeness (QED) is 0.738. The Morgan fingerprint density at radius 3 is 2.22 bits per heavy atom. The van der Waals surface area contributed by atoms with Gasteiger partial charge in [-0.2, -0.15) is 0 Å². The molecule has 3 rings (SSSR count). The van der Waals surface area contributed by atoms with Gasteiger partial charge < -0.3 is 5.11 Å². The van der Waals surface area contributed by atoms with Crippen LogP contribution < -0.4 is 0 Å². The zero-order chi connectivity index (χ0) is 13.1. The van der Waals surface area contributed by atoms with Crippen LogP contribution in [0.15, 0.2) is 0 Å². The maximum Gasteiger partial charge on any atom is 0.0545 e. The normalized spacial score (nSPS) is 54.8. The number of aliphatic hydroxyl groups excluding tert-OH is 1. The van der Waals surface area contributed by atoms with Gasteiger partial charge in [0.2, 0.25) is 0 Å². The number of hydrogen-bond donors (Lipinski definition) is 1. The van der Waals surface area contributed by atoms with Gasteiger partial charge >= 0.3 is 0 Å².